The Morgan fingerprint density at radius 3 is 2.33 bits per heavy atom. The van der Waals surface area contributed by atoms with E-state index in [0.717, 1.165) is 24.3 Å². The van der Waals surface area contributed by atoms with Crippen LogP contribution in [-0.2, 0) is 0 Å². The SMILES string of the molecule is C=CCC1CCC(CC(=O)c2ccccc2)CC1. The van der Waals surface area contributed by atoms with Crippen LogP contribution in [0.4, 0.5) is 0 Å². The van der Waals surface area contributed by atoms with Gasteiger partial charge in [0, 0.05) is 12.0 Å². The summed E-state index contributed by atoms with van der Waals surface area (Å²) in [6.45, 7) is 3.81. The van der Waals surface area contributed by atoms with Gasteiger partial charge in [0.1, 0.15) is 0 Å². The second-order valence-corrected chi connectivity index (χ2v) is 5.40. The average molecular weight is 242 g/mol. The van der Waals surface area contributed by atoms with Crippen LogP contribution in [0.5, 0.6) is 0 Å². The molecule has 0 N–H and O–H groups in total. The van der Waals surface area contributed by atoms with Crippen molar-refractivity contribution in [3.8, 4) is 0 Å². The minimum absolute atomic E-state index is 0.308. The lowest BCUT2D eigenvalue weighted by Gasteiger charge is -2.27. The first kappa shape index (κ1) is 13.1. The van der Waals surface area contributed by atoms with Crippen LogP contribution in [-0.4, -0.2) is 5.78 Å². The van der Waals surface area contributed by atoms with Crippen molar-refractivity contribution in [2.75, 3.05) is 0 Å². The summed E-state index contributed by atoms with van der Waals surface area (Å²) in [4.78, 5) is 12.1. The Morgan fingerprint density at radius 2 is 1.72 bits per heavy atom. The van der Waals surface area contributed by atoms with Crippen molar-refractivity contribution in [3.63, 3.8) is 0 Å². The highest BCUT2D eigenvalue weighted by atomic mass is 16.1. The van der Waals surface area contributed by atoms with Gasteiger partial charge >= 0.3 is 0 Å². The van der Waals surface area contributed by atoms with Gasteiger partial charge in [-0.3, -0.25) is 4.79 Å². The highest BCUT2D eigenvalue weighted by molar-refractivity contribution is 5.96. The second-order valence-electron chi connectivity index (χ2n) is 5.40. The van der Waals surface area contributed by atoms with Crippen LogP contribution >= 0.6 is 0 Å². The molecule has 0 amide bonds. The van der Waals surface area contributed by atoms with Crippen LogP contribution in [0, 0.1) is 11.8 Å². The second kappa shape index (κ2) is 6.53. The molecule has 0 unspecified atom stereocenters. The van der Waals surface area contributed by atoms with Gasteiger partial charge in [-0.05, 0) is 43.9 Å². The smallest absolute Gasteiger partial charge is 0.163 e. The zero-order valence-corrected chi connectivity index (χ0v) is 11.0. The van der Waals surface area contributed by atoms with Crippen molar-refractivity contribution < 1.29 is 4.79 Å². The first-order chi connectivity index (χ1) is 8.79. The molecular formula is C17H22O. The van der Waals surface area contributed by atoms with E-state index in [0.29, 0.717) is 11.7 Å². The number of hydrogen-bond acceptors (Lipinski definition) is 1. The maximum absolute atomic E-state index is 12.1. The molecule has 0 aromatic heterocycles. The van der Waals surface area contributed by atoms with Crippen LogP contribution in [0.1, 0.15) is 48.9 Å². The molecule has 1 aliphatic rings. The number of Topliss-reactive ketones (excluding diaryl/α,β-unsaturated/α-hetero) is 1. The lowest BCUT2D eigenvalue weighted by Crippen LogP contribution is -2.17. The predicted molar refractivity (Wildman–Crippen MR) is 75.7 cm³/mol. The van der Waals surface area contributed by atoms with E-state index in [1.807, 2.05) is 36.4 Å². The van der Waals surface area contributed by atoms with E-state index in [4.69, 9.17) is 0 Å². The number of rotatable bonds is 5. The maximum Gasteiger partial charge on any atom is 0.163 e. The summed E-state index contributed by atoms with van der Waals surface area (Å²) < 4.78 is 0. The van der Waals surface area contributed by atoms with E-state index in [1.54, 1.807) is 0 Å². The summed E-state index contributed by atoms with van der Waals surface area (Å²) in [7, 11) is 0. The molecule has 0 spiro atoms. The Kier molecular flexibility index (Phi) is 4.74. The number of hydrogen-bond donors (Lipinski definition) is 0. The van der Waals surface area contributed by atoms with Crippen LogP contribution in [0.3, 0.4) is 0 Å². The van der Waals surface area contributed by atoms with Crippen molar-refractivity contribution in [3.05, 3.63) is 48.6 Å². The normalized spacial score (nSPS) is 23.6. The Labute approximate surface area is 110 Å². The summed E-state index contributed by atoms with van der Waals surface area (Å²) in [6.07, 6.45) is 8.83. The third-order valence-corrected chi connectivity index (χ3v) is 4.04. The zero-order valence-electron chi connectivity index (χ0n) is 11.0. The molecule has 0 saturated heterocycles. The highest BCUT2D eigenvalue weighted by Gasteiger charge is 2.22. The van der Waals surface area contributed by atoms with Crippen molar-refractivity contribution in [2.24, 2.45) is 11.8 Å². The third-order valence-electron chi connectivity index (χ3n) is 4.04. The molecule has 2 rings (SSSR count). The molecule has 1 heteroatoms. The van der Waals surface area contributed by atoms with E-state index in [9.17, 15) is 4.79 Å². The van der Waals surface area contributed by atoms with Gasteiger partial charge in [0.05, 0.1) is 0 Å². The first-order valence-corrected chi connectivity index (χ1v) is 6.98. The Bertz CT molecular complexity index is 385. The van der Waals surface area contributed by atoms with E-state index in [2.05, 4.69) is 6.58 Å². The van der Waals surface area contributed by atoms with Gasteiger partial charge in [0.15, 0.2) is 5.78 Å². The van der Waals surface area contributed by atoms with Crippen LogP contribution in [0.25, 0.3) is 0 Å². The first-order valence-electron chi connectivity index (χ1n) is 6.98. The van der Waals surface area contributed by atoms with Crippen molar-refractivity contribution in [2.45, 2.75) is 38.5 Å². The Balaban J connectivity index is 1.81. The molecule has 1 saturated carbocycles. The minimum atomic E-state index is 0.308. The molecule has 0 aliphatic heterocycles. The molecule has 1 nitrogen and oxygen atoms in total. The summed E-state index contributed by atoms with van der Waals surface area (Å²) in [5.41, 5.74) is 0.866. The van der Waals surface area contributed by atoms with E-state index in [1.165, 1.54) is 25.7 Å². The largest absolute Gasteiger partial charge is 0.294 e. The van der Waals surface area contributed by atoms with Crippen LogP contribution in [0.2, 0.25) is 0 Å². The monoisotopic (exact) mass is 242 g/mol. The fraction of sp³-hybridized carbons (Fsp3) is 0.471. The summed E-state index contributed by atoms with van der Waals surface area (Å²) in [5.74, 6) is 1.71. The third kappa shape index (κ3) is 3.56. The number of carbonyl (C=O) groups is 1. The molecule has 1 aromatic rings. The van der Waals surface area contributed by atoms with Crippen LogP contribution in [0.15, 0.2) is 43.0 Å². The summed E-state index contributed by atoms with van der Waals surface area (Å²) >= 11 is 0. The molecule has 0 heterocycles. The molecule has 1 aromatic carbocycles. The van der Waals surface area contributed by atoms with Gasteiger partial charge in [-0.15, -0.1) is 6.58 Å². The molecular weight excluding hydrogens is 220 g/mol. The molecule has 0 bridgehead atoms. The Hall–Kier alpha value is -1.37. The van der Waals surface area contributed by atoms with Gasteiger partial charge in [0.2, 0.25) is 0 Å². The van der Waals surface area contributed by atoms with E-state index >= 15 is 0 Å². The predicted octanol–water partition coefficient (Wildman–Crippen LogP) is 4.64. The van der Waals surface area contributed by atoms with Crippen LogP contribution < -0.4 is 0 Å². The molecule has 0 radical (unpaired) electrons. The fourth-order valence-corrected chi connectivity index (χ4v) is 2.91. The van der Waals surface area contributed by atoms with Gasteiger partial charge in [-0.25, -0.2) is 0 Å². The van der Waals surface area contributed by atoms with Crippen molar-refractivity contribution in [1.29, 1.82) is 0 Å². The fourth-order valence-electron chi connectivity index (χ4n) is 2.91. The molecule has 1 aliphatic carbocycles. The highest BCUT2D eigenvalue weighted by Crippen LogP contribution is 2.33. The van der Waals surface area contributed by atoms with Crippen molar-refractivity contribution >= 4 is 5.78 Å². The summed E-state index contributed by atoms with van der Waals surface area (Å²) in [6, 6.07) is 9.68. The van der Waals surface area contributed by atoms with E-state index in [-0.39, 0.29) is 0 Å². The van der Waals surface area contributed by atoms with Gasteiger partial charge in [-0.2, -0.15) is 0 Å². The number of benzene rings is 1. The lowest BCUT2D eigenvalue weighted by molar-refractivity contribution is 0.0943. The summed E-state index contributed by atoms with van der Waals surface area (Å²) in [5, 5.41) is 0. The van der Waals surface area contributed by atoms with Gasteiger partial charge < -0.3 is 0 Å². The molecule has 18 heavy (non-hydrogen) atoms. The molecule has 0 atom stereocenters. The lowest BCUT2D eigenvalue weighted by atomic mass is 9.78. The van der Waals surface area contributed by atoms with Crippen molar-refractivity contribution in [1.82, 2.24) is 0 Å². The number of allylic oxidation sites excluding steroid dienone is 1. The minimum Gasteiger partial charge on any atom is -0.294 e. The molecule has 96 valence electrons. The number of carbonyl (C=O) groups excluding carboxylic acids is 1. The topological polar surface area (TPSA) is 17.1 Å². The number of ketones is 1. The average Bonchev–Trinajstić information content (AvgIpc) is 2.42. The van der Waals surface area contributed by atoms with Gasteiger partial charge in [-0.1, -0.05) is 36.4 Å². The van der Waals surface area contributed by atoms with Gasteiger partial charge in [0.25, 0.3) is 0 Å². The quantitative estimate of drug-likeness (QED) is 0.543. The zero-order chi connectivity index (χ0) is 12.8. The maximum atomic E-state index is 12.1. The molecule has 1 fully saturated rings. The van der Waals surface area contributed by atoms with E-state index < -0.39 is 0 Å². The standard InChI is InChI=1S/C17H22O/c1-2-6-14-9-11-15(12-10-14)13-17(18)16-7-4-3-5-8-16/h2-5,7-8,14-15H,1,6,9-13H2. The Morgan fingerprint density at radius 1 is 1.11 bits per heavy atom.